The summed E-state index contributed by atoms with van der Waals surface area (Å²) in [4.78, 5) is 5.51. The molecule has 1 fully saturated rings. The van der Waals surface area contributed by atoms with Crippen molar-refractivity contribution in [3.63, 3.8) is 0 Å². The maximum absolute atomic E-state index is 12.2. The van der Waals surface area contributed by atoms with Gasteiger partial charge in [0.1, 0.15) is 6.10 Å². The number of nitrogens with zero attached hydrogens (tertiary/aromatic N) is 1. The first-order valence-corrected chi connectivity index (χ1v) is 18.4. The van der Waals surface area contributed by atoms with Gasteiger partial charge in [-0.3, -0.25) is 4.98 Å². The van der Waals surface area contributed by atoms with Crippen LogP contribution in [0.4, 0.5) is 0 Å². The molecule has 0 aliphatic heterocycles. The zero-order chi connectivity index (χ0) is 29.8. The topological polar surface area (TPSA) is 42.4 Å². The highest BCUT2D eigenvalue weighted by molar-refractivity contribution is 6.74. The number of benzene rings is 1. The quantitative estimate of drug-likeness (QED) is 0.357. The van der Waals surface area contributed by atoms with Crippen molar-refractivity contribution < 1.29 is 9.53 Å². The van der Waals surface area contributed by atoms with E-state index < -0.39 is 14.4 Å². The van der Waals surface area contributed by atoms with Crippen molar-refractivity contribution in [1.29, 1.82) is 0 Å². The van der Waals surface area contributed by atoms with Crippen LogP contribution in [0.3, 0.4) is 0 Å². The summed E-state index contributed by atoms with van der Waals surface area (Å²) < 4.78 is 7.23. The standard InChI is InChI=1S/C36H55NO2Si/c1-23(2)29-30-27(21-36(9,10)22-28(30)39-40(11,12)35(6,7)8)37-32(24-15-13-14-16-24)31(29)33(38)25-17-19-26(20-18-25)34(3,4)5/h17-20,24,28,33,38H,1,13-16,21-22H2,2-12H3/t28-,33?/m0/s1. The summed E-state index contributed by atoms with van der Waals surface area (Å²) in [6, 6.07) is 8.56. The van der Waals surface area contributed by atoms with Gasteiger partial charge in [-0.15, -0.1) is 0 Å². The smallest absolute Gasteiger partial charge is 0.192 e. The molecule has 2 aliphatic carbocycles. The van der Waals surface area contributed by atoms with Gasteiger partial charge in [-0.05, 0) is 78.3 Å². The second-order valence-electron chi connectivity index (χ2n) is 16.1. The predicted molar refractivity (Wildman–Crippen MR) is 172 cm³/mol. The summed E-state index contributed by atoms with van der Waals surface area (Å²) in [6.45, 7) is 29.7. The number of aliphatic hydroxyl groups excluding tert-OH is 1. The number of allylic oxidation sites excluding steroid dienone is 1. The van der Waals surface area contributed by atoms with Crippen LogP contribution in [0, 0.1) is 5.41 Å². The Hall–Kier alpha value is -1.75. The third-order valence-electron chi connectivity index (χ3n) is 9.86. The monoisotopic (exact) mass is 561 g/mol. The van der Waals surface area contributed by atoms with E-state index in [1.54, 1.807) is 0 Å². The average molecular weight is 562 g/mol. The number of hydrogen-bond donors (Lipinski definition) is 1. The Morgan fingerprint density at radius 2 is 1.62 bits per heavy atom. The molecule has 220 valence electrons. The molecule has 1 saturated carbocycles. The third kappa shape index (κ3) is 6.20. The van der Waals surface area contributed by atoms with E-state index in [0.29, 0.717) is 5.92 Å². The molecule has 2 aromatic rings. The highest BCUT2D eigenvalue weighted by Crippen LogP contribution is 2.52. The van der Waals surface area contributed by atoms with E-state index in [9.17, 15) is 5.11 Å². The molecule has 1 N–H and O–H groups in total. The molecule has 1 aromatic carbocycles. The maximum Gasteiger partial charge on any atom is 0.192 e. The SMILES string of the molecule is C=C(C)c1c(C(O)c2ccc(C(C)(C)C)cc2)c(C2CCCC2)nc2c1[C@@H](O[Si](C)(C)C(C)(C)C)CC(C)(C)C2. The summed E-state index contributed by atoms with van der Waals surface area (Å²) in [5, 5.41) is 12.3. The Bertz CT molecular complexity index is 1240. The Morgan fingerprint density at radius 3 is 2.12 bits per heavy atom. The normalized spacial score (nSPS) is 20.9. The summed E-state index contributed by atoms with van der Waals surface area (Å²) in [5.41, 5.74) is 8.90. The van der Waals surface area contributed by atoms with Crippen LogP contribution in [0.2, 0.25) is 18.1 Å². The molecule has 0 bridgehead atoms. The minimum atomic E-state index is -2.07. The van der Waals surface area contributed by atoms with Gasteiger partial charge in [0, 0.05) is 22.7 Å². The minimum absolute atomic E-state index is 0.0503. The van der Waals surface area contributed by atoms with Crippen LogP contribution >= 0.6 is 0 Å². The lowest BCUT2D eigenvalue weighted by Gasteiger charge is -2.45. The molecular formula is C36H55NO2Si. The molecule has 1 unspecified atom stereocenters. The molecule has 0 saturated heterocycles. The average Bonchev–Trinajstić information content (AvgIpc) is 3.35. The first-order chi connectivity index (χ1) is 18.3. The predicted octanol–water partition coefficient (Wildman–Crippen LogP) is 10.2. The highest BCUT2D eigenvalue weighted by atomic mass is 28.4. The fraction of sp³-hybridized carbons (Fsp3) is 0.639. The van der Waals surface area contributed by atoms with Gasteiger partial charge in [-0.1, -0.05) is 105 Å². The first-order valence-electron chi connectivity index (χ1n) is 15.5. The molecular weight excluding hydrogens is 506 g/mol. The van der Waals surface area contributed by atoms with Crippen LogP contribution < -0.4 is 0 Å². The van der Waals surface area contributed by atoms with E-state index in [2.05, 4.69) is 106 Å². The number of aliphatic hydroxyl groups is 1. The molecule has 1 heterocycles. The van der Waals surface area contributed by atoms with Gasteiger partial charge in [0.05, 0.1) is 11.8 Å². The number of hydrogen-bond acceptors (Lipinski definition) is 3. The fourth-order valence-electron chi connectivity index (χ4n) is 6.51. The molecule has 40 heavy (non-hydrogen) atoms. The largest absolute Gasteiger partial charge is 0.410 e. The highest BCUT2D eigenvalue weighted by Gasteiger charge is 2.45. The minimum Gasteiger partial charge on any atom is -0.410 e. The second kappa shape index (κ2) is 10.8. The zero-order valence-electron chi connectivity index (χ0n) is 27.3. The van der Waals surface area contributed by atoms with Crippen molar-refractivity contribution >= 4 is 13.9 Å². The van der Waals surface area contributed by atoms with Crippen LogP contribution in [0.1, 0.15) is 152 Å². The molecule has 4 rings (SSSR count). The van der Waals surface area contributed by atoms with E-state index in [1.165, 1.54) is 29.7 Å². The maximum atomic E-state index is 12.2. The second-order valence-corrected chi connectivity index (χ2v) is 20.9. The molecule has 1 aromatic heterocycles. The summed E-state index contributed by atoms with van der Waals surface area (Å²) in [5.74, 6) is 0.381. The van der Waals surface area contributed by atoms with Crippen LogP contribution in [0.5, 0.6) is 0 Å². The van der Waals surface area contributed by atoms with Crippen molar-refractivity contribution in [2.45, 2.75) is 143 Å². The molecule has 0 amide bonds. The van der Waals surface area contributed by atoms with Crippen LogP contribution in [0.15, 0.2) is 30.8 Å². The molecule has 2 atom stereocenters. The molecule has 2 aliphatic rings. The van der Waals surface area contributed by atoms with Crippen LogP contribution in [0.25, 0.3) is 5.57 Å². The Kier molecular flexibility index (Phi) is 8.44. The number of aromatic nitrogens is 1. The number of fused-ring (bicyclic) bond motifs is 1. The van der Waals surface area contributed by atoms with E-state index in [0.717, 1.165) is 53.6 Å². The Labute approximate surface area is 246 Å². The van der Waals surface area contributed by atoms with Crippen molar-refractivity contribution in [3.8, 4) is 0 Å². The van der Waals surface area contributed by atoms with Gasteiger partial charge < -0.3 is 9.53 Å². The molecule has 0 radical (unpaired) electrons. The van der Waals surface area contributed by atoms with Gasteiger partial charge >= 0.3 is 0 Å². The fourth-order valence-corrected chi connectivity index (χ4v) is 7.77. The zero-order valence-corrected chi connectivity index (χ0v) is 28.3. The van der Waals surface area contributed by atoms with E-state index in [1.807, 2.05) is 0 Å². The molecule has 4 heteroatoms. The van der Waals surface area contributed by atoms with E-state index in [4.69, 9.17) is 9.41 Å². The third-order valence-corrected chi connectivity index (χ3v) is 14.4. The lowest BCUT2D eigenvalue weighted by molar-refractivity contribution is 0.105. The van der Waals surface area contributed by atoms with E-state index in [-0.39, 0.29) is 22.0 Å². The molecule has 3 nitrogen and oxygen atoms in total. The Morgan fingerprint density at radius 1 is 1.05 bits per heavy atom. The van der Waals surface area contributed by atoms with Gasteiger partial charge in [0.15, 0.2) is 8.32 Å². The van der Waals surface area contributed by atoms with Crippen molar-refractivity contribution in [2.75, 3.05) is 0 Å². The van der Waals surface area contributed by atoms with E-state index >= 15 is 0 Å². The lowest BCUT2D eigenvalue weighted by atomic mass is 9.71. The van der Waals surface area contributed by atoms with Gasteiger partial charge in [-0.25, -0.2) is 0 Å². The van der Waals surface area contributed by atoms with Crippen molar-refractivity contribution in [1.82, 2.24) is 4.98 Å². The summed E-state index contributed by atoms with van der Waals surface area (Å²) in [7, 11) is -2.07. The number of rotatable bonds is 6. The summed E-state index contributed by atoms with van der Waals surface area (Å²) >= 11 is 0. The van der Waals surface area contributed by atoms with Crippen molar-refractivity contribution in [2.24, 2.45) is 5.41 Å². The van der Waals surface area contributed by atoms with Crippen LogP contribution in [-0.2, 0) is 16.3 Å². The van der Waals surface area contributed by atoms with Gasteiger partial charge in [0.25, 0.3) is 0 Å². The van der Waals surface area contributed by atoms with Gasteiger partial charge in [0.2, 0.25) is 0 Å². The Balaban J connectivity index is 1.96. The van der Waals surface area contributed by atoms with Gasteiger partial charge in [-0.2, -0.15) is 0 Å². The molecule has 0 spiro atoms. The van der Waals surface area contributed by atoms with Crippen LogP contribution in [-0.4, -0.2) is 18.4 Å². The first kappa shape index (κ1) is 31.2. The summed E-state index contributed by atoms with van der Waals surface area (Å²) in [6.07, 6.45) is 5.80. The lowest BCUT2D eigenvalue weighted by Crippen LogP contribution is -2.44. The number of pyridine rings is 1. The van der Waals surface area contributed by atoms with Crippen molar-refractivity contribution in [3.05, 3.63) is 70.0 Å².